The second-order valence-corrected chi connectivity index (χ2v) is 7.33. The predicted molar refractivity (Wildman–Crippen MR) is 103 cm³/mol. The lowest BCUT2D eigenvalue weighted by molar-refractivity contribution is -0.113. The van der Waals surface area contributed by atoms with Gasteiger partial charge >= 0.3 is 0 Å². The zero-order chi connectivity index (χ0) is 16.4. The predicted octanol–water partition coefficient (Wildman–Crippen LogP) is 4.86. The van der Waals surface area contributed by atoms with Gasteiger partial charge in [-0.05, 0) is 35.9 Å². The molecule has 0 unspecified atom stereocenters. The minimum Gasteiger partial charge on any atom is -0.495 e. The SMILES string of the molecule is COc1ccccc1N1C(=O)/C(=C/c2ccc(Br)cc2)SC1=S. The first-order valence-corrected chi connectivity index (χ1v) is 8.78. The number of benzene rings is 2. The molecule has 1 fully saturated rings. The number of halogens is 1. The highest BCUT2D eigenvalue weighted by atomic mass is 79.9. The summed E-state index contributed by atoms with van der Waals surface area (Å²) >= 11 is 10.1. The summed E-state index contributed by atoms with van der Waals surface area (Å²) in [6, 6.07) is 15.1. The van der Waals surface area contributed by atoms with Crippen LogP contribution in [0.1, 0.15) is 5.56 Å². The molecule has 0 N–H and O–H groups in total. The minimum absolute atomic E-state index is 0.132. The lowest BCUT2D eigenvalue weighted by atomic mass is 10.2. The molecule has 1 aliphatic heterocycles. The van der Waals surface area contributed by atoms with E-state index in [9.17, 15) is 4.79 Å². The number of nitrogens with zero attached hydrogens (tertiary/aromatic N) is 1. The molecule has 23 heavy (non-hydrogen) atoms. The quantitative estimate of drug-likeness (QED) is 0.538. The van der Waals surface area contributed by atoms with E-state index in [1.54, 1.807) is 7.11 Å². The zero-order valence-electron chi connectivity index (χ0n) is 12.2. The molecule has 1 amide bonds. The first-order chi connectivity index (χ1) is 11.1. The normalized spacial score (nSPS) is 16.3. The van der Waals surface area contributed by atoms with Gasteiger partial charge in [-0.15, -0.1) is 0 Å². The molecule has 1 aliphatic rings. The van der Waals surface area contributed by atoms with E-state index in [0.29, 0.717) is 20.7 Å². The van der Waals surface area contributed by atoms with Crippen LogP contribution in [0.2, 0.25) is 0 Å². The van der Waals surface area contributed by atoms with E-state index >= 15 is 0 Å². The van der Waals surface area contributed by atoms with Gasteiger partial charge in [0, 0.05) is 4.47 Å². The van der Waals surface area contributed by atoms with Gasteiger partial charge in [-0.1, -0.05) is 64.2 Å². The maximum atomic E-state index is 12.7. The topological polar surface area (TPSA) is 29.5 Å². The lowest BCUT2D eigenvalue weighted by Gasteiger charge is -2.17. The maximum Gasteiger partial charge on any atom is 0.270 e. The minimum atomic E-state index is -0.132. The van der Waals surface area contributed by atoms with E-state index in [2.05, 4.69) is 15.9 Å². The summed E-state index contributed by atoms with van der Waals surface area (Å²) in [6.07, 6.45) is 1.85. The Bertz CT molecular complexity index is 802. The second-order valence-electron chi connectivity index (χ2n) is 4.74. The van der Waals surface area contributed by atoms with Crippen LogP contribution in [0.15, 0.2) is 57.9 Å². The van der Waals surface area contributed by atoms with Crippen molar-refractivity contribution in [2.75, 3.05) is 12.0 Å². The number of anilines is 1. The molecule has 0 radical (unpaired) electrons. The average molecular weight is 406 g/mol. The zero-order valence-corrected chi connectivity index (χ0v) is 15.4. The number of thiocarbonyl (C=S) groups is 1. The van der Waals surface area contributed by atoms with Crippen molar-refractivity contribution in [1.29, 1.82) is 0 Å². The molecule has 0 aliphatic carbocycles. The van der Waals surface area contributed by atoms with Crippen molar-refractivity contribution in [3.8, 4) is 5.75 Å². The second kappa shape index (κ2) is 6.86. The van der Waals surface area contributed by atoms with Crippen LogP contribution in [-0.2, 0) is 4.79 Å². The molecule has 2 aromatic carbocycles. The molecular weight excluding hydrogens is 394 g/mol. The molecule has 3 nitrogen and oxygen atoms in total. The molecule has 0 bridgehead atoms. The number of hydrogen-bond acceptors (Lipinski definition) is 4. The first-order valence-electron chi connectivity index (χ1n) is 6.76. The largest absolute Gasteiger partial charge is 0.495 e. The van der Waals surface area contributed by atoms with Crippen LogP contribution in [0.4, 0.5) is 5.69 Å². The van der Waals surface area contributed by atoms with Crippen LogP contribution < -0.4 is 9.64 Å². The van der Waals surface area contributed by atoms with Gasteiger partial charge in [0.15, 0.2) is 4.32 Å². The Balaban J connectivity index is 1.95. The van der Waals surface area contributed by atoms with Crippen LogP contribution in [0.25, 0.3) is 6.08 Å². The van der Waals surface area contributed by atoms with Crippen molar-refractivity contribution in [3.63, 3.8) is 0 Å². The number of methoxy groups -OCH3 is 1. The summed E-state index contributed by atoms with van der Waals surface area (Å²) in [4.78, 5) is 14.9. The number of carbonyl (C=O) groups excluding carboxylic acids is 1. The van der Waals surface area contributed by atoms with Crippen molar-refractivity contribution >= 4 is 61.9 Å². The van der Waals surface area contributed by atoms with Gasteiger partial charge in [0.1, 0.15) is 5.75 Å². The summed E-state index contributed by atoms with van der Waals surface area (Å²) in [5.74, 6) is 0.487. The Morgan fingerprint density at radius 2 is 1.87 bits per heavy atom. The van der Waals surface area contributed by atoms with E-state index < -0.39 is 0 Å². The molecule has 0 saturated carbocycles. The smallest absolute Gasteiger partial charge is 0.270 e. The molecule has 0 spiro atoms. The molecule has 1 saturated heterocycles. The lowest BCUT2D eigenvalue weighted by Crippen LogP contribution is -2.27. The van der Waals surface area contributed by atoms with Crippen LogP contribution >= 0.6 is 39.9 Å². The van der Waals surface area contributed by atoms with E-state index in [0.717, 1.165) is 10.0 Å². The number of rotatable bonds is 3. The van der Waals surface area contributed by atoms with E-state index in [1.165, 1.54) is 16.7 Å². The average Bonchev–Trinajstić information content (AvgIpc) is 2.83. The van der Waals surface area contributed by atoms with Crippen LogP contribution in [0, 0.1) is 0 Å². The Kier molecular flexibility index (Phi) is 4.84. The third kappa shape index (κ3) is 3.34. The Morgan fingerprint density at radius 3 is 2.57 bits per heavy atom. The van der Waals surface area contributed by atoms with E-state index in [-0.39, 0.29) is 5.91 Å². The van der Waals surface area contributed by atoms with Gasteiger partial charge in [-0.25, -0.2) is 0 Å². The molecule has 2 aromatic rings. The van der Waals surface area contributed by atoms with Gasteiger partial charge in [0.05, 0.1) is 17.7 Å². The van der Waals surface area contributed by atoms with Crippen molar-refractivity contribution in [3.05, 3.63) is 63.5 Å². The fourth-order valence-electron chi connectivity index (χ4n) is 2.20. The summed E-state index contributed by atoms with van der Waals surface area (Å²) in [7, 11) is 1.58. The van der Waals surface area contributed by atoms with Crippen molar-refractivity contribution in [2.45, 2.75) is 0 Å². The molecule has 0 aromatic heterocycles. The van der Waals surface area contributed by atoms with Crippen molar-refractivity contribution in [2.24, 2.45) is 0 Å². The van der Waals surface area contributed by atoms with Crippen molar-refractivity contribution < 1.29 is 9.53 Å². The first kappa shape index (κ1) is 16.2. The van der Waals surface area contributed by atoms with Gasteiger partial charge in [0.2, 0.25) is 0 Å². The number of carbonyl (C=O) groups is 1. The molecule has 116 valence electrons. The standard InChI is InChI=1S/C17H12BrNO2S2/c1-21-14-5-3-2-4-13(14)19-16(20)15(23-17(19)22)10-11-6-8-12(18)9-7-11/h2-10H,1H3/b15-10-. The summed E-state index contributed by atoms with van der Waals surface area (Å²) in [5, 5.41) is 0. The van der Waals surface area contributed by atoms with Gasteiger partial charge < -0.3 is 4.74 Å². The Morgan fingerprint density at radius 1 is 1.17 bits per heavy atom. The van der Waals surface area contributed by atoms with E-state index in [1.807, 2.05) is 54.6 Å². The monoisotopic (exact) mass is 405 g/mol. The number of amides is 1. The molecular formula is C17H12BrNO2S2. The third-order valence-corrected chi connectivity index (χ3v) is 5.12. The number of ether oxygens (including phenoxy) is 1. The van der Waals surface area contributed by atoms with Crippen LogP contribution in [0.5, 0.6) is 5.75 Å². The van der Waals surface area contributed by atoms with Gasteiger partial charge in [-0.3, -0.25) is 9.69 Å². The molecule has 1 heterocycles. The number of para-hydroxylation sites is 2. The van der Waals surface area contributed by atoms with Crippen LogP contribution in [-0.4, -0.2) is 17.3 Å². The highest BCUT2D eigenvalue weighted by molar-refractivity contribution is 9.10. The molecule has 0 atom stereocenters. The summed E-state index contributed by atoms with van der Waals surface area (Å²) < 4.78 is 6.83. The number of hydrogen-bond donors (Lipinski definition) is 0. The van der Waals surface area contributed by atoms with Crippen LogP contribution in [0.3, 0.4) is 0 Å². The highest BCUT2D eigenvalue weighted by Gasteiger charge is 2.34. The van der Waals surface area contributed by atoms with Crippen molar-refractivity contribution in [1.82, 2.24) is 0 Å². The fraction of sp³-hybridized carbons (Fsp3) is 0.0588. The molecule has 3 rings (SSSR count). The molecule has 6 heteroatoms. The van der Waals surface area contributed by atoms with E-state index in [4.69, 9.17) is 17.0 Å². The summed E-state index contributed by atoms with van der Waals surface area (Å²) in [6.45, 7) is 0. The maximum absolute atomic E-state index is 12.7. The Hall–Kier alpha value is -1.63. The van der Waals surface area contributed by atoms with Gasteiger partial charge in [0.25, 0.3) is 5.91 Å². The third-order valence-electron chi connectivity index (χ3n) is 3.29. The Labute approximate surface area is 152 Å². The highest BCUT2D eigenvalue weighted by Crippen LogP contribution is 2.39. The fourth-order valence-corrected chi connectivity index (χ4v) is 3.75. The number of thioether (sulfide) groups is 1. The van der Waals surface area contributed by atoms with Gasteiger partial charge in [-0.2, -0.15) is 0 Å². The summed E-state index contributed by atoms with van der Waals surface area (Å²) in [5.41, 5.74) is 1.62.